The molecule has 2 atom stereocenters. The first-order chi connectivity index (χ1) is 14.5. The summed E-state index contributed by atoms with van der Waals surface area (Å²) in [6.07, 6.45) is 2.37. The summed E-state index contributed by atoms with van der Waals surface area (Å²) in [6.45, 7) is 1.98. The molecule has 2 aliphatic heterocycles. The lowest BCUT2D eigenvalue weighted by atomic mass is 9.98. The van der Waals surface area contributed by atoms with Gasteiger partial charge in [0, 0.05) is 23.1 Å². The van der Waals surface area contributed by atoms with E-state index in [1.165, 1.54) is 16.2 Å². The Morgan fingerprint density at radius 2 is 2.07 bits per heavy atom. The number of carbonyl (C=O) groups is 2. The van der Waals surface area contributed by atoms with E-state index in [0.717, 1.165) is 22.6 Å². The molecule has 2 aliphatic rings. The van der Waals surface area contributed by atoms with Gasteiger partial charge in [-0.2, -0.15) is 0 Å². The average Bonchev–Trinajstić information content (AvgIpc) is 3.46. The van der Waals surface area contributed by atoms with Crippen LogP contribution < -0.4 is 9.64 Å². The summed E-state index contributed by atoms with van der Waals surface area (Å²) in [5.41, 5.74) is 1.53. The number of Topliss-reactive ketones (excluding diaryl/α,β-unsaturated/α-hetero) is 1. The van der Waals surface area contributed by atoms with Crippen molar-refractivity contribution in [1.82, 2.24) is 4.98 Å². The number of rotatable bonds is 3. The van der Waals surface area contributed by atoms with Gasteiger partial charge < -0.3 is 9.84 Å². The fourth-order valence-corrected chi connectivity index (χ4v) is 4.83. The molecule has 1 saturated heterocycles. The molecule has 1 amide bonds. The number of aliphatic hydroxyl groups excluding tert-OH is 1. The Hall–Kier alpha value is -3.45. The molecule has 2 unspecified atom stereocenters. The number of aliphatic hydroxyl groups is 1. The average molecular weight is 418 g/mol. The van der Waals surface area contributed by atoms with Crippen molar-refractivity contribution in [2.75, 3.05) is 4.90 Å². The molecular weight excluding hydrogens is 400 g/mol. The van der Waals surface area contributed by atoms with Gasteiger partial charge in [-0.1, -0.05) is 12.1 Å². The number of fused-ring (bicyclic) bond motifs is 1. The van der Waals surface area contributed by atoms with Crippen LogP contribution >= 0.6 is 11.3 Å². The van der Waals surface area contributed by atoms with Gasteiger partial charge in [0.25, 0.3) is 5.78 Å². The first-order valence-corrected chi connectivity index (χ1v) is 10.5. The summed E-state index contributed by atoms with van der Waals surface area (Å²) < 4.78 is 5.73. The smallest absolute Gasteiger partial charge is 0.301 e. The van der Waals surface area contributed by atoms with Gasteiger partial charge in [0.1, 0.15) is 29.5 Å². The number of benzene rings is 1. The number of ketones is 1. The summed E-state index contributed by atoms with van der Waals surface area (Å²) in [7, 11) is 0. The van der Waals surface area contributed by atoms with Gasteiger partial charge in [-0.25, -0.2) is 4.98 Å². The minimum absolute atomic E-state index is 0.0678. The normalized spacial score (nSPS) is 22.2. The zero-order valence-corrected chi connectivity index (χ0v) is 16.9. The highest BCUT2D eigenvalue weighted by Gasteiger charge is 2.48. The first-order valence-electron chi connectivity index (χ1n) is 9.60. The molecule has 3 aromatic rings. The van der Waals surface area contributed by atoms with Crippen molar-refractivity contribution in [3.05, 3.63) is 81.7 Å². The lowest BCUT2D eigenvalue weighted by molar-refractivity contribution is -0.132. The third-order valence-corrected chi connectivity index (χ3v) is 6.25. The Morgan fingerprint density at radius 3 is 2.80 bits per heavy atom. The fraction of sp³-hybridized carbons (Fsp3) is 0.174. The monoisotopic (exact) mass is 418 g/mol. The van der Waals surface area contributed by atoms with Crippen molar-refractivity contribution in [1.29, 1.82) is 0 Å². The number of hydrogen-bond acceptors (Lipinski definition) is 6. The number of carbonyl (C=O) groups excluding carboxylic acids is 2. The quantitative estimate of drug-likeness (QED) is 0.394. The van der Waals surface area contributed by atoms with Crippen molar-refractivity contribution in [2.24, 2.45) is 0 Å². The van der Waals surface area contributed by atoms with Gasteiger partial charge in [-0.3, -0.25) is 14.5 Å². The highest BCUT2D eigenvalue weighted by Crippen LogP contribution is 2.43. The van der Waals surface area contributed by atoms with E-state index in [0.29, 0.717) is 11.4 Å². The molecule has 1 N–H and O–H groups in total. The molecule has 0 bridgehead atoms. The predicted octanol–water partition coefficient (Wildman–Crippen LogP) is 4.09. The fourth-order valence-electron chi connectivity index (χ4n) is 4.01. The van der Waals surface area contributed by atoms with E-state index in [1.54, 1.807) is 36.5 Å². The Labute approximate surface area is 177 Å². The van der Waals surface area contributed by atoms with Crippen molar-refractivity contribution >= 4 is 34.6 Å². The molecule has 4 heterocycles. The highest BCUT2D eigenvalue weighted by molar-refractivity contribution is 7.10. The van der Waals surface area contributed by atoms with Crippen LogP contribution in [0.1, 0.15) is 29.0 Å². The third-order valence-electron chi connectivity index (χ3n) is 5.32. The van der Waals surface area contributed by atoms with Crippen LogP contribution in [0, 0.1) is 0 Å². The zero-order chi connectivity index (χ0) is 20.8. The van der Waals surface area contributed by atoms with Crippen LogP contribution in [-0.4, -0.2) is 27.9 Å². The van der Waals surface area contributed by atoms with E-state index >= 15 is 0 Å². The molecule has 1 aromatic carbocycles. The first kappa shape index (κ1) is 18.6. The molecule has 30 heavy (non-hydrogen) atoms. The Balaban J connectivity index is 1.67. The van der Waals surface area contributed by atoms with Crippen molar-refractivity contribution in [3.63, 3.8) is 0 Å². The van der Waals surface area contributed by atoms with Crippen molar-refractivity contribution in [3.8, 4) is 5.75 Å². The molecule has 5 rings (SSSR count). The number of anilines is 1. The molecule has 6 nitrogen and oxygen atoms in total. The van der Waals surface area contributed by atoms with Crippen LogP contribution in [0.25, 0.3) is 5.76 Å². The van der Waals surface area contributed by atoms with Gasteiger partial charge >= 0.3 is 5.91 Å². The van der Waals surface area contributed by atoms with Gasteiger partial charge in [0.05, 0.1) is 5.57 Å². The number of amides is 1. The summed E-state index contributed by atoms with van der Waals surface area (Å²) in [6, 6.07) is 13.5. The van der Waals surface area contributed by atoms with Crippen LogP contribution in [0.2, 0.25) is 0 Å². The van der Waals surface area contributed by atoms with Crippen LogP contribution in [0.5, 0.6) is 5.75 Å². The summed E-state index contributed by atoms with van der Waals surface area (Å²) in [4.78, 5) is 32.4. The molecule has 150 valence electrons. The van der Waals surface area contributed by atoms with Crippen LogP contribution in [0.15, 0.2) is 65.7 Å². The van der Waals surface area contributed by atoms with Gasteiger partial charge in [0.15, 0.2) is 0 Å². The largest absolute Gasteiger partial charge is 0.507 e. The maximum absolute atomic E-state index is 13.0. The van der Waals surface area contributed by atoms with E-state index in [-0.39, 0.29) is 17.4 Å². The van der Waals surface area contributed by atoms with E-state index in [2.05, 4.69) is 4.98 Å². The van der Waals surface area contributed by atoms with Gasteiger partial charge in [-0.15, -0.1) is 11.3 Å². The number of ether oxygens (including phenoxy) is 1. The number of thiophene rings is 1. The predicted molar refractivity (Wildman–Crippen MR) is 114 cm³/mol. The van der Waals surface area contributed by atoms with E-state index in [4.69, 9.17) is 4.74 Å². The third kappa shape index (κ3) is 2.90. The maximum Gasteiger partial charge on any atom is 0.301 e. The highest BCUT2D eigenvalue weighted by atomic mass is 32.1. The Kier molecular flexibility index (Phi) is 4.40. The van der Waals surface area contributed by atoms with E-state index in [1.807, 2.05) is 30.5 Å². The van der Waals surface area contributed by atoms with Crippen LogP contribution in [0.3, 0.4) is 0 Å². The maximum atomic E-state index is 13.0. The lowest BCUT2D eigenvalue weighted by Crippen LogP contribution is -2.29. The molecular formula is C23H18N2O4S. The number of nitrogens with zero attached hydrogens (tertiary/aromatic N) is 2. The van der Waals surface area contributed by atoms with Crippen LogP contribution in [-0.2, 0) is 16.0 Å². The summed E-state index contributed by atoms with van der Waals surface area (Å²) in [5, 5.41) is 13.0. The summed E-state index contributed by atoms with van der Waals surface area (Å²) in [5.74, 6) is -0.461. The molecule has 0 saturated carbocycles. The standard InChI is InChI=1S/C23H18N2O4S/c1-13-11-15-12-14(7-8-16(15)29-13)21(26)19-20(17-5-4-10-30-17)25(23(28)22(19)27)18-6-2-3-9-24-18/h2-10,12-13,20,26H,11H2,1H3/b21-19+. The molecule has 1 fully saturated rings. The second-order valence-corrected chi connectivity index (χ2v) is 8.31. The minimum Gasteiger partial charge on any atom is -0.507 e. The topological polar surface area (TPSA) is 79.7 Å². The van der Waals surface area contributed by atoms with Gasteiger partial charge in [0.2, 0.25) is 0 Å². The van der Waals surface area contributed by atoms with Crippen molar-refractivity contribution < 1.29 is 19.4 Å². The minimum atomic E-state index is -0.733. The second kappa shape index (κ2) is 7.11. The van der Waals surface area contributed by atoms with E-state index < -0.39 is 17.7 Å². The second-order valence-electron chi connectivity index (χ2n) is 7.33. The molecule has 0 spiro atoms. The molecule has 0 radical (unpaired) electrons. The van der Waals surface area contributed by atoms with Crippen molar-refractivity contribution in [2.45, 2.75) is 25.5 Å². The lowest BCUT2D eigenvalue weighted by Gasteiger charge is -2.23. The molecule has 7 heteroatoms. The number of hydrogen-bond donors (Lipinski definition) is 1. The number of aromatic nitrogens is 1. The van der Waals surface area contributed by atoms with E-state index in [9.17, 15) is 14.7 Å². The number of pyridine rings is 1. The molecule has 0 aliphatic carbocycles. The SMILES string of the molecule is CC1Cc2cc(/C(O)=C3\C(=O)C(=O)N(c4ccccn4)C3c3cccs3)ccc2O1. The van der Waals surface area contributed by atoms with Gasteiger partial charge in [-0.05, 0) is 54.3 Å². The summed E-state index contributed by atoms with van der Waals surface area (Å²) >= 11 is 1.42. The Bertz CT molecular complexity index is 1170. The Morgan fingerprint density at radius 1 is 1.20 bits per heavy atom. The zero-order valence-electron chi connectivity index (χ0n) is 16.1. The van der Waals surface area contributed by atoms with Crippen LogP contribution in [0.4, 0.5) is 5.82 Å². The molecule has 2 aromatic heterocycles.